The molecule has 4 rings (SSSR count). The van der Waals surface area contributed by atoms with Gasteiger partial charge in [-0.1, -0.05) is 15.9 Å². The molecule has 106 valence electrons. The number of rotatable bonds is 3. The molecule has 0 radical (unpaired) electrons. The van der Waals surface area contributed by atoms with Crippen LogP contribution >= 0.6 is 27.7 Å². The SMILES string of the molecule is Nc1cnc2ccc(Br)cc2c1Sc1nnnn1C1CC1. The first-order chi connectivity index (χ1) is 10.2. The lowest BCUT2D eigenvalue weighted by Crippen LogP contribution is -1.99. The highest BCUT2D eigenvalue weighted by atomic mass is 79.9. The number of hydrogen-bond acceptors (Lipinski definition) is 6. The Balaban J connectivity index is 1.83. The van der Waals surface area contributed by atoms with Crippen molar-refractivity contribution in [3.63, 3.8) is 0 Å². The molecule has 1 fully saturated rings. The van der Waals surface area contributed by atoms with Crippen LogP contribution in [-0.4, -0.2) is 25.2 Å². The van der Waals surface area contributed by atoms with E-state index in [4.69, 9.17) is 5.73 Å². The molecule has 0 aliphatic heterocycles. The molecule has 0 spiro atoms. The summed E-state index contributed by atoms with van der Waals surface area (Å²) in [5.41, 5.74) is 7.66. The second kappa shape index (κ2) is 4.96. The summed E-state index contributed by atoms with van der Waals surface area (Å²) in [6.45, 7) is 0. The molecule has 2 aromatic heterocycles. The summed E-state index contributed by atoms with van der Waals surface area (Å²) < 4.78 is 2.87. The lowest BCUT2D eigenvalue weighted by molar-refractivity contribution is 0.565. The number of tetrazole rings is 1. The summed E-state index contributed by atoms with van der Waals surface area (Å²) in [4.78, 5) is 5.31. The summed E-state index contributed by atoms with van der Waals surface area (Å²) in [5.74, 6) is 0. The largest absolute Gasteiger partial charge is 0.397 e. The van der Waals surface area contributed by atoms with Gasteiger partial charge < -0.3 is 5.73 Å². The zero-order chi connectivity index (χ0) is 14.4. The van der Waals surface area contributed by atoms with Gasteiger partial charge in [-0.2, -0.15) is 0 Å². The van der Waals surface area contributed by atoms with Gasteiger partial charge in [0.05, 0.1) is 23.4 Å². The predicted molar refractivity (Wildman–Crippen MR) is 84.1 cm³/mol. The van der Waals surface area contributed by atoms with Crippen LogP contribution in [-0.2, 0) is 0 Å². The predicted octanol–water partition coefficient (Wildman–Crippen LogP) is 3.05. The molecule has 3 aromatic rings. The first-order valence-corrected chi connectivity index (χ1v) is 8.13. The maximum atomic E-state index is 6.12. The molecule has 21 heavy (non-hydrogen) atoms. The van der Waals surface area contributed by atoms with Crippen LogP contribution in [0.3, 0.4) is 0 Å². The Bertz CT molecular complexity index is 823. The van der Waals surface area contributed by atoms with E-state index in [0.717, 1.165) is 38.3 Å². The molecule has 1 aliphatic rings. The Morgan fingerprint density at radius 3 is 3.00 bits per heavy atom. The highest BCUT2D eigenvalue weighted by Crippen LogP contribution is 2.41. The van der Waals surface area contributed by atoms with Crippen LogP contribution in [0.1, 0.15) is 18.9 Å². The van der Waals surface area contributed by atoms with Crippen LogP contribution in [0.15, 0.2) is 38.9 Å². The maximum Gasteiger partial charge on any atom is 0.214 e. The van der Waals surface area contributed by atoms with Crippen molar-refractivity contribution in [2.45, 2.75) is 28.9 Å². The third kappa shape index (κ3) is 2.38. The first kappa shape index (κ1) is 13.0. The minimum absolute atomic E-state index is 0.434. The maximum absolute atomic E-state index is 6.12. The van der Waals surface area contributed by atoms with Gasteiger partial charge in [0, 0.05) is 14.8 Å². The summed E-state index contributed by atoms with van der Waals surface area (Å²) >= 11 is 4.99. The molecule has 2 N–H and O–H groups in total. The molecule has 0 unspecified atom stereocenters. The van der Waals surface area contributed by atoms with Crippen LogP contribution in [0.2, 0.25) is 0 Å². The number of nitrogens with zero attached hydrogens (tertiary/aromatic N) is 5. The normalized spacial score (nSPS) is 14.7. The summed E-state index contributed by atoms with van der Waals surface area (Å²) in [6, 6.07) is 6.39. The number of fused-ring (bicyclic) bond motifs is 1. The van der Waals surface area contributed by atoms with Gasteiger partial charge in [0.15, 0.2) is 0 Å². The molecule has 8 heteroatoms. The first-order valence-electron chi connectivity index (χ1n) is 6.52. The minimum atomic E-state index is 0.434. The van der Waals surface area contributed by atoms with E-state index in [9.17, 15) is 0 Å². The quantitative estimate of drug-likeness (QED) is 0.770. The Morgan fingerprint density at radius 2 is 2.19 bits per heavy atom. The van der Waals surface area contributed by atoms with Crippen molar-refractivity contribution >= 4 is 44.3 Å². The molecule has 0 bridgehead atoms. The number of nitrogen functional groups attached to an aromatic ring is 1. The third-order valence-corrected chi connectivity index (χ3v) is 4.96. The fourth-order valence-electron chi connectivity index (χ4n) is 2.16. The molecule has 2 heterocycles. The molecule has 1 aromatic carbocycles. The van der Waals surface area contributed by atoms with Crippen LogP contribution in [0.25, 0.3) is 10.9 Å². The van der Waals surface area contributed by atoms with Crippen molar-refractivity contribution in [1.29, 1.82) is 0 Å². The summed E-state index contributed by atoms with van der Waals surface area (Å²) in [7, 11) is 0. The summed E-state index contributed by atoms with van der Waals surface area (Å²) in [6.07, 6.45) is 3.96. The topological polar surface area (TPSA) is 82.5 Å². The van der Waals surface area contributed by atoms with Gasteiger partial charge in [0.1, 0.15) is 0 Å². The average molecular weight is 363 g/mol. The van der Waals surface area contributed by atoms with Crippen LogP contribution in [0, 0.1) is 0 Å². The number of benzene rings is 1. The van der Waals surface area contributed by atoms with E-state index >= 15 is 0 Å². The van der Waals surface area contributed by atoms with Crippen molar-refractivity contribution in [3.05, 3.63) is 28.9 Å². The molecular formula is C13H11BrN6S. The van der Waals surface area contributed by atoms with E-state index in [1.54, 1.807) is 6.20 Å². The van der Waals surface area contributed by atoms with Gasteiger partial charge in [0.2, 0.25) is 5.16 Å². The Morgan fingerprint density at radius 1 is 1.33 bits per heavy atom. The molecule has 6 nitrogen and oxygen atoms in total. The van der Waals surface area contributed by atoms with Crippen LogP contribution < -0.4 is 5.73 Å². The highest BCUT2D eigenvalue weighted by Gasteiger charge is 2.28. The van der Waals surface area contributed by atoms with Gasteiger partial charge in [-0.15, -0.1) is 5.10 Å². The lowest BCUT2D eigenvalue weighted by Gasteiger charge is -2.09. The van der Waals surface area contributed by atoms with Crippen LogP contribution in [0.5, 0.6) is 0 Å². The third-order valence-electron chi connectivity index (χ3n) is 3.36. The molecule has 0 saturated heterocycles. The monoisotopic (exact) mass is 362 g/mol. The second-order valence-corrected chi connectivity index (χ2v) is 6.84. The van der Waals surface area contributed by atoms with E-state index in [-0.39, 0.29) is 0 Å². The summed E-state index contributed by atoms with van der Waals surface area (Å²) in [5, 5.41) is 13.7. The van der Waals surface area contributed by atoms with Crippen molar-refractivity contribution in [2.24, 2.45) is 0 Å². The van der Waals surface area contributed by atoms with Crippen molar-refractivity contribution < 1.29 is 0 Å². The average Bonchev–Trinajstić information content (AvgIpc) is 3.22. The lowest BCUT2D eigenvalue weighted by atomic mass is 10.2. The zero-order valence-corrected chi connectivity index (χ0v) is 13.3. The smallest absolute Gasteiger partial charge is 0.214 e. The fraction of sp³-hybridized carbons (Fsp3) is 0.231. The molecule has 1 saturated carbocycles. The molecule has 1 aliphatic carbocycles. The number of hydrogen-bond donors (Lipinski definition) is 1. The minimum Gasteiger partial charge on any atom is -0.397 e. The Labute approximate surface area is 133 Å². The van der Waals surface area contributed by atoms with E-state index in [1.165, 1.54) is 11.8 Å². The van der Waals surface area contributed by atoms with Gasteiger partial charge >= 0.3 is 0 Å². The van der Waals surface area contributed by atoms with Gasteiger partial charge in [0.25, 0.3) is 0 Å². The van der Waals surface area contributed by atoms with E-state index in [1.807, 2.05) is 22.9 Å². The molecule has 0 amide bonds. The number of anilines is 1. The number of pyridine rings is 1. The second-order valence-electron chi connectivity index (χ2n) is 4.94. The zero-order valence-electron chi connectivity index (χ0n) is 10.9. The Kier molecular flexibility index (Phi) is 3.07. The van der Waals surface area contributed by atoms with Crippen molar-refractivity contribution in [1.82, 2.24) is 25.2 Å². The van der Waals surface area contributed by atoms with Crippen molar-refractivity contribution in [2.75, 3.05) is 5.73 Å². The fourth-order valence-corrected chi connectivity index (χ4v) is 3.51. The van der Waals surface area contributed by atoms with E-state index in [2.05, 4.69) is 36.4 Å². The molecule has 0 atom stereocenters. The number of aromatic nitrogens is 5. The highest BCUT2D eigenvalue weighted by molar-refractivity contribution is 9.10. The van der Waals surface area contributed by atoms with Gasteiger partial charge in [-0.3, -0.25) is 4.98 Å². The van der Waals surface area contributed by atoms with Gasteiger partial charge in [-0.05, 0) is 53.2 Å². The van der Waals surface area contributed by atoms with Gasteiger partial charge in [-0.25, -0.2) is 4.68 Å². The molecular weight excluding hydrogens is 352 g/mol. The number of nitrogens with two attached hydrogens (primary N) is 1. The van der Waals surface area contributed by atoms with Crippen molar-refractivity contribution in [3.8, 4) is 0 Å². The van der Waals surface area contributed by atoms with E-state index in [0.29, 0.717) is 11.7 Å². The van der Waals surface area contributed by atoms with Crippen LogP contribution in [0.4, 0.5) is 5.69 Å². The van der Waals surface area contributed by atoms with E-state index < -0.39 is 0 Å². The number of halogens is 1. The standard InChI is InChI=1S/C13H11BrN6S/c14-7-1-4-11-9(5-7)12(10(15)6-16-11)21-13-17-18-19-20(13)8-2-3-8/h1,4-6,8H,2-3,15H2. The Hall–Kier alpha value is -1.67.